The zero-order valence-corrected chi connectivity index (χ0v) is 17.8. The van der Waals surface area contributed by atoms with Crippen molar-refractivity contribution in [2.24, 2.45) is 11.8 Å². The molecule has 1 aromatic carbocycles. The third-order valence-electron chi connectivity index (χ3n) is 6.67. The monoisotopic (exact) mass is 427 g/mol. The summed E-state index contributed by atoms with van der Waals surface area (Å²) in [7, 11) is 0. The van der Waals surface area contributed by atoms with E-state index in [1.165, 1.54) is 5.56 Å². The Bertz CT molecular complexity index is 861. The van der Waals surface area contributed by atoms with Gasteiger partial charge in [-0.3, -0.25) is 19.3 Å². The fourth-order valence-corrected chi connectivity index (χ4v) is 4.54. The molecule has 3 fully saturated rings. The van der Waals surface area contributed by atoms with E-state index in [0.717, 1.165) is 37.0 Å². The third kappa shape index (κ3) is 4.73. The highest BCUT2D eigenvalue weighted by molar-refractivity contribution is 6.08. The highest BCUT2D eigenvalue weighted by Crippen LogP contribution is 2.42. The molecule has 2 aliphatic heterocycles. The Morgan fingerprint density at radius 2 is 1.77 bits per heavy atom. The molecule has 0 unspecified atom stereocenters. The molecule has 2 saturated heterocycles. The summed E-state index contributed by atoms with van der Waals surface area (Å²) in [6, 6.07) is 9.74. The van der Waals surface area contributed by atoms with Gasteiger partial charge in [-0.05, 0) is 56.4 Å². The molecule has 8 heteroatoms. The van der Waals surface area contributed by atoms with Crippen LogP contribution in [0.15, 0.2) is 30.3 Å². The van der Waals surface area contributed by atoms with Gasteiger partial charge in [0.25, 0.3) is 11.8 Å². The number of nitrogens with zero attached hydrogens (tertiary/aromatic N) is 2. The average Bonchev–Trinajstić information content (AvgIpc) is 3.59. The molecular weight excluding hydrogens is 398 g/mol. The Morgan fingerprint density at radius 1 is 1.10 bits per heavy atom. The second kappa shape index (κ2) is 8.69. The van der Waals surface area contributed by atoms with Crippen LogP contribution in [0.4, 0.5) is 4.79 Å². The van der Waals surface area contributed by atoms with E-state index >= 15 is 0 Å². The largest absolute Gasteiger partial charge is 0.454 e. The molecule has 4 rings (SSSR count). The highest BCUT2D eigenvalue weighted by Gasteiger charge is 2.56. The predicted molar refractivity (Wildman–Crippen MR) is 112 cm³/mol. The first kappa shape index (κ1) is 21.3. The Hall–Kier alpha value is -2.90. The van der Waals surface area contributed by atoms with Crippen molar-refractivity contribution in [3.05, 3.63) is 35.9 Å². The second-order valence-electron chi connectivity index (χ2n) is 8.97. The molecule has 1 N–H and O–H groups in total. The average molecular weight is 428 g/mol. The van der Waals surface area contributed by atoms with Crippen LogP contribution in [0.3, 0.4) is 0 Å². The van der Waals surface area contributed by atoms with E-state index in [0.29, 0.717) is 19.0 Å². The minimum Gasteiger partial charge on any atom is -0.454 e. The Balaban J connectivity index is 1.19. The molecule has 4 amide bonds. The van der Waals surface area contributed by atoms with Gasteiger partial charge in [0.1, 0.15) is 12.1 Å². The number of rotatable bonds is 7. The molecule has 1 saturated carbocycles. The van der Waals surface area contributed by atoms with Crippen molar-refractivity contribution in [3.8, 4) is 0 Å². The lowest BCUT2D eigenvalue weighted by molar-refractivity contribution is -0.154. The quantitative estimate of drug-likeness (QED) is 0.528. The zero-order valence-electron chi connectivity index (χ0n) is 17.8. The molecular formula is C23H29N3O5. The maximum Gasteiger partial charge on any atom is 0.326 e. The summed E-state index contributed by atoms with van der Waals surface area (Å²) in [5, 5.41) is 2.69. The number of urea groups is 1. The summed E-state index contributed by atoms with van der Waals surface area (Å²) in [4.78, 5) is 51.9. The highest BCUT2D eigenvalue weighted by atomic mass is 16.5. The number of carbonyl (C=O) groups excluding carboxylic acids is 4. The molecule has 8 nitrogen and oxygen atoms in total. The minimum atomic E-state index is -0.933. The molecule has 1 aliphatic carbocycles. The summed E-state index contributed by atoms with van der Waals surface area (Å²) in [5.74, 6) is -0.739. The van der Waals surface area contributed by atoms with Gasteiger partial charge in [0.15, 0.2) is 6.61 Å². The molecule has 31 heavy (non-hydrogen) atoms. The number of hydrogen-bond donors (Lipinski definition) is 1. The van der Waals surface area contributed by atoms with Gasteiger partial charge in [-0.15, -0.1) is 0 Å². The molecule has 3 aliphatic rings. The standard InChI is InChI=1S/C23H29N3O5/c1-23(18-7-8-18)21(29)26(22(30)24-23)14-20(28)31-15-19(27)25-11-9-17(10-12-25)13-16-5-3-2-4-6-16/h2-6,17-18H,7-15H2,1H3,(H,24,30)/t23-/m1/s1. The van der Waals surface area contributed by atoms with Gasteiger partial charge >= 0.3 is 12.0 Å². The van der Waals surface area contributed by atoms with Crippen LogP contribution in [0.2, 0.25) is 0 Å². The number of likely N-dealkylation sites (tertiary alicyclic amines) is 1. The Morgan fingerprint density at radius 3 is 2.42 bits per heavy atom. The molecule has 1 aromatic rings. The normalized spacial score (nSPS) is 24.3. The molecule has 0 radical (unpaired) electrons. The van der Waals surface area contributed by atoms with Crippen molar-refractivity contribution in [2.75, 3.05) is 26.2 Å². The van der Waals surface area contributed by atoms with Crippen molar-refractivity contribution in [1.29, 1.82) is 0 Å². The van der Waals surface area contributed by atoms with Gasteiger partial charge in [-0.25, -0.2) is 4.79 Å². The number of nitrogens with one attached hydrogen (secondary N) is 1. The second-order valence-corrected chi connectivity index (χ2v) is 8.97. The van der Waals surface area contributed by atoms with E-state index in [2.05, 4.69) is 17.4 Å². The van der Waals surface area contributed by atoms with E-state index in [4.69, 9.17) is 4.74 Å². The van der Waals surface area contributed by atoms with Gasteiger partial charge in [-0.1, -0.05) is 30.3 Å². The van der Waals surface area contributed by atoms with Gasteiger partial charge in [0.2, 0.25) is 0 Å². The maximum atomic E-state index is 12.6. The summed E-state index contributed by atoms with van der Waals surface area (Å²) in [5.41, 5.74) is 0.372. The van der Waals surface area contributed by atoms with Crippen molar-refractivity contribution < 1.29 is 23.9 Å². The van der Waals surface area contributed by atoms with E-state index in [1.54, 1.807) is 11.8 Å². The summed E-state index contributed by atoms with van der Waals surface area (Å²) < 4.78 is 5.08. The summed E-state index contributed by atoms with van der Waals surface area (Å²) >= 11 is 0. The third-order valence-corrected chi connectivity index (χ3v) is 6.67. The van der Waals surface area contributed by atoms with Crippen molar-refractivity contribution in [3.63, 3.8) is 0 Å². The molecule has 2 heterocycles. The van der Waals surface area contributed by atoms with Crippen LogP contribution in [-0.4, -0.2) is 65.4 Å². The van der Waals surface area contributed by atoms with E-state index in [-0.39, 0.29) is 18.4 Å². The molecule has 1 atom stereocenters. The number of amides is 4. The number of carbonyl (C=O) groups is 4. The maximum absolute atomic E-state index is 12.6. The molecule has 0 aromatic heterocycles. The molecule has 0 spiro atoms. The van der Waals surface area contributed by atoms with E-state index in [1.807, 2.05) is 18.2 Å². The number of ether oxygens (including phenoxy) is 1. The van der Waals surface area contributed by atoms with Gasteiger partial charge in [-0.2, -0.15) is 0 Å². The van der Waals surface area contributed by atoms with E-state index in [9.17, 15) is 19.2 Å². The van der Waals surface area contributed by atoms with E-state index < -0.39 is 30.0 Å². The predicted octanol–water partition coefficient (Wildman–Crippen LogP) is 1.73. The van der Waals surface area contributed by atoms with Crippen molar-refractivity contribution in [1.82, 2.24) is 15.1 Å². The first-order chi connectivity index (χ1) is 14.9. The van der Waals surface area contributed by atoms with Crippen LogP contribution >= 0.6 is 0 Å². The van der Waals surface area contributed by atoms with Crippen molar-refractivity contribution >= 4 is 23.8 Å². The molecule has 166 valence electrons. The lowest BCUT2D eigenvalue weighted by Gasteiger charge is -2.32. The summed E-state index contributed by atoms with van der Waals surface area (Å²) in [6.07, 6.45) is 4.60. The number of esters is 1. The van der Waals surface area contributed by atoms with Crippen molar-refractivity contribution in [2.45, 2.75) is 44.6 Å². The minimum absolute atomic E-state index is 0.122. The SMILES string of the molecule is C[C@]1(C2CC2)NC(=O)N(CC(=O)OCC(=O)N2CCC(Cc3ccccc3)CC2)C1=O. The van der Waals surface area contributed by atoms with Crippen LogP contribution in [0, 0.1) is 11.8 Å². The number of imide groups is 1. The molecule has 0 bridgehead atoms. The van der Waals surface area contributed by atoms with Gasteiger partial charge in [0, 0.05) is 13.1 Å². The fraction of sp³-hybridized carbons (Fsp3) is 0.565. The number of piperidine rings is 1. The van der Waals surface area contributed by atoms with Crippen LogP contribution in [0.5, 0.6) is 0 Å². The van der Waals surface area contributed by atoms with Crippen LogP contribution in [0.1, 0.15) is 38.2 Å². The summed E-state index contributed by atoms with van der Waals surface area (Å²) in [6.45, 7) is 2.13. The zero-order chi connectivity index (χ0) is 22.0. The smallest absolute Gasteiger partial charge is 0.326 e. The van der Waals surface area contributed by atoms with Crippen LogP contribution in [0.25, 0.3) is 0 Å². The first-order valence-electron chi connectivity index (χ1n) is 11.0. The lowest BCUT2D eigenvalue weighted by Crippen LogP contribution is -2.46. The lowest BCUT2D eigenvalue weighted by atomic mass is 9.90. The van der Waals surface area contributed by atoms with Crippen LogP contribution in [-0.2, 0) is 25.5 Å². The number of benzene rings is 1. The fourth-order valence-electron chi connectivity index (χ4n) is 4.54. The Kier molecular flexibility index (Phi) is 5.98. The van der Waals surface area contributed by atoms with Gasteiger partial charge in [0.05, 0.1) is 0 Å². The number of hydrogen-bond acceptors (Lipinski definition) is 5. The topological polar surface area (TPSA) is 96.0 Å². The first-order valence-corrected chi connectivity index (χ1v) is 11.0. The van der Waals surface area contributed by atoms with Crippen LogP contribution < -0.4 is 5.32 Å². The Labute approximate surface area is 181 Å². The van der Waals surface area contributed by atoms with Gasteiger partial charge < -0.3 is 15.0 Å².